The van der Waals surface area contributed by atoms with E-state index in [0.29, 0.717) is 23.7 Å². The van der Waals surface area contributed by atoms with E-state index in [9.17, 15) is 9.59 Å². The van der Waals surface area contributed by atoms with Crippen LogP contribution in [0.4, 0.5) is 5.69 Å². The Labute approximate surface area is 176 Å². The number of likely N-dealkylation sites (N-methyl/N-ethyl adjacent to an activating group) is 1. The Morgan fingerprint density at radius 1 is 1.17 bits per heavy atom. The molecule has 2 amide bonds. The van der Waals surface area contributed by atoms with Crippen LogP contribution in [0.15, 0.2) is 36.4 Å². The zero-order valence-corrected chi connectivity index (χ0v) is 18.0. The zero-order chi connectivity index (χ0) is 21.4. The van der Waals surface area contributed by atoms with Gasteiger partial charge in [0.05, 0.1) is 25.3 Å². The first-order chi connectivity index (χ1) is 13.9. The van der Waals surface area contributed by atoms with Gasteiger partial charge in [-0.25, -0.2) is 0 Å². The number of halogens is 1. The Kier molecular flexibility index (Phi) is 8.34. The van der Waals surface area contributed by atoms with Crippen LogP contribution in [0.3, 0.4) is 0 Å². The van der Waals surface area contributed by atoms with E-state index in [-0.39, 0.29) is 23.4 Å². The van der Waals surface area contributed by atoms with Gasteiger partial charge in [-0.2, -0.15) is 0 Å². The number of anilines is 1. The van der Waals surface area contributed by atoms with Gasteiger partial charge in [-0.3, -0.25) is 9.59 Å². The number of ether oxygens (including phenoxy) is 2. The first-order valence-corrected chi connectivity index (χ1v) is 9.92. The third-order valence-corrected chi connectivity index (χ3v) is 4.61. The fraction of sp³-hybridized carbons (Fsp3) is 0.364. The average Bonchev–Trinajstić information content (AvgIpc) is 2.71. The van der Waals surface area contributed by atoms with E-state index in [1.54, 1.807) is 13.1 Å². The van der Waals surface area contributed by atoms with Crippen LogP contribution >= 0.6 is 11.6 Å². The number of aryl methyl sites for hydroxylation is 1. The number of rotatable bonds is 9. The SMILES string of the molecule is CCCOc1c(Cl)cc(C(=O)N(C)CC(=O)Nc2ccccc2CC)cc1OC. The Balaban J connectivity index is 2.11. The number of hydrogen-bond donors (Lipinski definition) is 1. The molecule has 0 spiro atoms. The van der Waals surface area contributed by atoms with Crippen molar-refractivity contribution in [2.24, 2.45) is 0 Å². The maximum atomic E-state index is 12.8. The Morgan fingerprint density at radius 3 is 2.55 bits per heavy atom. The van der Waals surface area contributed by atoms with E-state index in [1.807, 2.05) is 38.1 Å². The van der Waals surface area contributed by atoms with Gasteiger partial charge in [-0.15, -0.1) is 0 Å². The van der Waals surface area contributed by atoms with Crippen LogP contribution in [0, 0.1) is 0 Å². The van der Waals surface area contributed by atoms with Gasteiger partial charge in [0.25, 0.3) is 5.91 Å². The van der Waals surface area contributed by atoms with Crippen molar-refractivity contribution in [3.63, 3.8) is 0 Å². The molecular weight excluding hydrogens is 392 g/mol. The van der Waals surface area contributed by atoms with Crippen molar-refractivity contribution in [3.05, 3.63) is 52.5 Å². The van der Waals surface area contributed by atoms with Gasteiger partial charge >= 0.3 is 0 Å². The van der Waals surface area contributed by atoms with Crippen molar-refractivity contribution in [1.29, 1.82) is 0 Å². The van der Waals surface area contributed by atoms with Gasteiger partial charge < -0.3 is 19.7 Å². The second kappa shape index (κ2) is 10.7. The number of carbonyl (C=O) groups is 2. The van der Waals surface area contributed by atoms with Crippen molar-refractivity contribution in [3.8, 4) is 11.5 Å². The predicted octanol–water partition coefficient (Wildman–Crippen LogP) is 4.41. The Morgan fingerprint density at radius 2 is 1.90 bits per heavy atom. The van der Waals surface area contributed by atoms with E-state index in [4.69, 9.17) is 21.1 Å². The van der Waals surface area contributed by atoms with Crippen molar-refractivity contribution < 1.29 is 19.1 Å². The van der Waals surface area contributed by atoms with Gasteiger partial charge in [-0.1, -0.05) is 43.6 Å². The molecule has 0 atom stereocenters. The van der Waals surface area contributed by atoms with Crippen LogP contribution in [0.5, 0.6) is 11.5 Å². The Bertz CT molecular complexity index is 870. The molecule has 0 aliphatic rings. The highest BCUT2D eigenvalue weighted by molar-refractivity contribution is 6.32. The molecule has 29 heavy (non-hydrogen) atoms. The largest absolute Gasteiger partial charge is 0.493 e. The van der Waals surface area contributed by atoms with Gasteiger partial charge in [-0.05, 0) is 36.6 Å². The van der Waals surface area contributed by atoms with E-state index in [1.165, 1.54) is 18.1 Å². The van der Waals surface area contributed by atoms with Crippen LogP contribution in [0.1, 0.15) is 36.2 Å². The molecule has 2 aromatic carbocycles. The number of benzene rings is 2. The van der Waals surface area contributed by atoms with Gasteiger partial charge in [0.2, 0.25) is 5.91 Å². The zero-order valence-electron chi connectivity index (χ0n) is 17.3. The third-order valence-electron chi connectivity index (χ3n) is 4.33. The molecule has 6 nitrogen and oxygen atoms in total. The van der Waals surface area contributed by atoms with E-state index >= 15 is 0 Å². The molecular formula is C22H27ClN2O4. The number of carbonyl (C=O) groups excluding carboxylic acids is 2. The lowest BCUT2D eigenvalue weighted by atomic mass is 10.1. The molecule has 0 heterocycles. The summed E-state index contributed by atoms with van der Waals surface area (Å²) in [6, 6.07) is 10.7. The molecule has 7 heteroatoms. The normalized spacial score (nSPS) is 10.4. The molecule has 0 aliphatic heterocycles. The first-order valence-electron chi connectivity index (χ1n) is 9.54. The van der Waals surface area contributed by atoms with Crippen molar-refractivity contribution >= 4 is 29.1 Å². The number of nitrogens with zero attached hydrogens (tertiary/aromatic N) is 1. The smallest absolute Gasteiger partial charge is 0.254 e. The highest BCUT2D eigenvalue weighted by Gasteiger charge is 2.20. The van der Waals surface area contributed by atoms with Crippen LogP contribution < -0.4 is 14.8 Å². The van der Waals surface area contributed by atoms with Crippen molar-refractivity contribution in [2.45, 2.75) is 26.7 Å². The fourth-order valence-corrected chi connectivity index (χ4v) is 3.10. The van der Waals surface area contributed by atoms with E-state index in [0.717, 1.165) is 24.1 Å². The predicted molar refractivity (Wildman–Crippen MR) is 115 cm³/mol. The van der Waals surface area contributed by atoms with Gasteiger partial charge in [0.1, 0.15) is 0 Å². The number of para-hydroxylation sites is 1. The summed E-state index contributed by atoms with van der Waals surface area (Å²) in [4.78, 5) is 26.5. The average molecular weight is 419 g/mol. The summed E-state index contributed by atoms with van der Waals surface area (Å²) in [5.41, 5.74) is 2.11. The van der Waals surface area contributed by atoms with Gasteiger partial charge in [0, 0.05) is 18.3 Å². The number of hydrogen-bond acceptors (Lipinski definition) is 4. The standard InChI is InChI=1S/C22H27ClN2O4/c1-5-11-29-21-17(23)12-16(13-19(21)28-4)22(27)25(3)14-20(26)24-18-10-8-7-9-15(18)6-2/h7-10,12-13H,5-6,11,14H2,1-4H3,(H,24,26). The van der Waals surface area contributed by atoms with Crippen molar-refractivity contribution in [1.82, 2.24) is 4.90 Å². The highest BCUT2D eigenvalue weighted by Crippen LogP contribution is 2.36. The minimum absolute atomic E-state index is 0.0924. The molecule has 0 unspecified atom stereocenters. The third kappa shape index (κ3) is 5.87. The molecule has 156 valence electrons. The maximum Gasteiger partial charge on any atom is 0.254 e. The minimum Gasteiger partial charge on any atom is -0.493 e. The summed E-state index contributed by atoms with van der Waals surface area (Å²) in [7, 11) is 3.05. The summed E-state index contributed by atoms with van der Waals surface area (Å²) >= 11 is 6.29. The second-order valence-electron chi connectivity index (χ2n) is 6.56. The first kappa shape index (κ1) is 22.6. The van der Waals surface area contributed by atoms with E-state index < -0.39 is 0 Å². The molecule has 2 aromatic rings. The molecule has 0 fully saturated rings. The quantitative estimate of drug-likeness (QED) is 0.654. The van der Waals surface area contributed by atoms with Crippen LogP contribution in [-0.4, -0.2) is 44.0 Å². The number of amides is 2. The summed E-state index contributed by atoms with van der Waals surface area (Å²) in [5, 5.41) is 3.15. The summed E-state index contributed by atoms with van der Waals surface area (Å²) in [6.07, 6.45) is 1.62. The maximum absolute atomic E-state index is 12.8. The van der Waals surface area contributed by atoms with Crippen LogP contribution in [0.2, 0.25) is 5.02 Å². The van der Waals surface area contributed by atoms with Crippen LogP contribution in [-0.2, 0) is 11.2 Å². The fourth-order valence-electron chi connectivity index (χ4n) is 2.84. The van der Waals surface area contributed by atoms with Crippen LogP contribution in [0.25, 0.3) is 0 Å². The molecule has 0 radical (unpaired) electrons. The number of methoxy groups -OCH3 is 1. The summed E-state index contributed by atoms with van der Waals surface area (Å²) in [5.74, 6) is 0.169. The topological polar surface area (TPSA) is 67.9 Å². The van der Waals surface area contributed by atoms with Crippen molar-refractivity contribution in [2.75, 3.05) is 32.6 Å². The highest BCUT2D eigenvalue weighted by atomic mass is 35.5. The minimum atomic E-state index is -0.342. The second-order valence-corrected chi connectivity index (χ2v) is 6.97. The lowest BCUT2D eigenvalue weighted by Crippen LogP contribution is -2.35. The molecule has 0 saturated heterocycles. The molecule has 1 N–H and O–H groups in total. The molecule has 0 aromatic heterocycles. The molecule has 2 rings (SSSR count). The monoisotopic (exact) mass is 418 g/mol. The lowest BCUT2D eigenvalue weighted by Gasteiger charge is -2.19. The molecule has 0 aliphatic carbocycles. The lowest BCUT2D eigenvalue weighted by molar-refractivity contribution is -0.116. The number of nitrogens with one attached hydrogen (secondary N) is 1. The molecule has 0 bridgehead atoms. The summed E-state index contributed by atoms with van der Waals surface area (Å²) < 4.78 is 10.9. The molecule has 0 saturated carbocycles. The van der Waals surface area contributed by atoms with E-state index in [2.05, 4.69) is 5.32 Å². The van der Waals surface area contributed by atoms with Gasteiger partial charge in [0.15, 0.2) is 11.5 Å². The summed E-state index contributed by atoms with van der Waals surface area (Å²) in [6.45, 7) is 4.40. The Hall–Kier alpha value is -2.73.